The number of carbonyl (C=O) groups excluding carboxylic acids is 2. The van der Waals surface area contributed by atoms with Crippen LogP contribution in [0.1, 0.15) is 10.5 Å². The van der Waals surface area contributed by atoms with Gasteiger partial charge in [0.15, 0.2) is 0 Å². The summed E-state index contributed by atoms with van der Waals surface area (Å²) in [5.41, 5.74) is 4.71. The zero-order chi connectivity index (χ0) is 9.14. The van der Waals surface area contributed by atoms with E-state index < -0.39 is 11.7 Å². The van der Waals surface area contributed by atoms with E-state index in [0.717, 1.165) is 0 Å². The lowest BCUT2D eigenvalue weighted by Crippen LogP contribution is -2.23. The predicted molar refractivity (Wildman–Crippen MR) is 42.8 cm³/mol. The monoisotopic (exact) mass is 184 g/mol. The van der Waals surface area contributed by atoms with Gasteiger partial charge in [-0.15, -0.1) is 0 Å². The molecule has 0 unspecified atom stereocenters. The number of aromatic nitrogens is 1. The number of carbonyl (C=O) groups is 2. The van der Waals surface area contributed by atoms with Gasteiger partial charge in [0, 0.05) is 11.2 Å². The predicted octanol–water partition coefficient (Wildman–Crippen LogP) is 0.403. The molecule has 62 valence electrons. The quantitative estimate of drug-likeness (QED) is 0.534. The molecule has 0 aliphatic rings. The van der Waals surface area contributed by atoms with Crippen molar-refractivity contribution in [2.75, 3.05) is 0 Å². The van der Waals surface area contributed by atoms with Crippen molar-refractivity contribution < 1.29 is 9.59 Å². The lowest BCUT2D eigenvalue weighted by Gasteiger charge is -1.94. The van der Waals surface area contributed by atoms with Gasteiger partial charge in [-0.3, -0.25) is 14.6 Å². The van der Waals surface area contributed by atoms with Crippen LogP contribution < -0.4 is 5.73 Å². The molecule has 0 spiro atoms. The van der Waals surface area contributed by atoms with Crippen LogP contribution in [-0.4, -0.2) is 16.7 Å². The van der Waals surface area contributed by atoms with Crippen LogP contribution >= 0.6 is 11.6 Å². The Morgan fingerprint density at radius 1 is 1.50 bits per heavy atom. The summed E-state index contributed by atoms with van der Waals surface area (Å²) in [5.74, 6) is -1.87. The van der Waals surface area contributed by atoms with Gasteiger partial charge in [0.1, 0.15) is 5.69 Å². The largest absolute Gasteiger partial charge is 0.363 e. The molecule has 0 saturated heterocycles. The summed E-state index contributed by atoms with van der Waals surface area (Å²) in [6.07, 6.45) is 1.33. The first-order valence-corrected chi connectivity index (χ1v) is 3.45. The van der Waals surface area contributed by atoms with E-state index in [-0.39, 0.29) is 5.69 Å². The number of rotatable bonds is 2. The van der Waals surface area contributed by atoms with Crippen LogP contribution in [0.15, 0.2) is 18.3 Å². The highest BCUT2D eigenvalue weighted by Gasteiger charge is 2.13. The Labute approximate surface area is 73.3 Å². The Bertz CT molecular complexity index is 338. The van der Waals surface area contributed by atoms with Gasteiger partial charge in [0.25, 0.3) is 11.7 Å². The Morgan fingerprint density at radius 2 is 2.17 bits per heavy atom. The summed E-state index contributed by atoms with van der Waals surface area (Å²) in [5, 5.41) is 0.342. The molecular formula is C7H5ClN2O2. The van der Waals surface area contributed by atoms with Crippen molar-refractivity contribution in [2.24, 2.45) is 5.73 Å². The maximum atomic E-state index is 10.9. The molecular weight excluding hydrogens is 180 g/mol. The molecule has 1 aromatic rings. The maximum absolute atomic E-state index is 10.9. The van der Waals surface area contributed by atoms with Gasteiger partial charge in [-0.05, 0) is 12.1 Å². The lowest BCUT2D eigenvalue weighted by atomic mass is 10.2. The van der Waals surface area contributed by atoms with Crippen LogP contribution in [0.3, 0.4) is 0 Å². The molecule has 0 aromatic carbocycles. The van der Waals surface area contributed by atoms with Crippen molar-refractivity contribution >= 4 is 23.3 Å². The fraction of sp³-hybridized carbons (Fsp3) is 0. The highest BCUT2D eigenvalue weighted by molar-refractivity contribution is 6.42. The molecule has 1 rings (SSSR count). The Hall–Kier alpha value is -1.42. The zero-order valence-electron chi connectivity index (χ0n) is 5.95. The highest BCUT2D eigenvalue weighted by atomic mass is 35.5. The van der Waals surface area contributed by atoms with Gasteiger partial charge >= 0.3 is 0 Å². The number of amides is 1. The highest BCUT2D eigenvalue weighted by Crippen LogP contribution is 2.07. The van der Waals surface area contributed by atoms with Crippen molar-refractivity contribution in [2.45, 2.75) is 0 Å². The van der Waals surface area contributed by atoms with Crippen molar-refractivity contribution in [3.63, 3.8) is 0 Å². The summed E-state index contributed by atoms with van der Waals surface area (Å²) in [6.45, 7) is 0. The summed E-state index contributed by atoms with van der Waals surface area (Å²) >= 11 is 5.55. The fourth-order valence-electron chi connectivity index (χ4n) is 0.655. The molecule has 4 nitrogen and oxygen atoms in total. The smallest absolute Gasteiger partial charge is 0.291 e. The van der Waals surface area contributed by atoms with E-state index in [0.29, 0.717) is 5.02 Å². The van der Waals surface area contributed by atoms with Crippen molar-refractivity contribution in [3.8, 4) is 0 Å². The average Bonchev–Trinajstić information content (AvgIpc) is 2.03. The molecule has 5 heteroatoms. The van der Waals surface area contributed by atoms with Crippen LogP contribution in [0.4, 0.5) is 0 Å². The molecule has 0 bridgehead atoms. The van der Waals surface area contributed by atoms with Gasteiger partial charge in [-0.2, -0.15) is 0 Å². The number of Topliss-reactive ketones (excluding diaryl/α,β-unsaturated/α-hetero) is 1. The topological polar surface area (TPSA) is 73.1 Å². The van der Waals surface area contributed by atoms with Crippen LogP contribution in [0.5, 0.6) is 0 Å². The third-order valence-electron chi connectivity index (χ3n) is 1.18. The van der Waals surface area contributed by atoms with Gasteiger partial charge in [-0.1, -0.05) is 11.6 Å². The van der Waals surface area contributed by atoms with E-state index in [2.05, 4.69) is 4.98 Å². The van der Waals surface area contributed by atoms with E-state index in [1.54, 1.807) is 0 Å². The Morgan fingerprint density at radius 3 is 2.67 bits per heavy atom. The second-order valence-corrected chi connectivity index (χ2v) is 2.49. The zero-order valence-corrected chi connectivity index (χ0v) is 6.71. The average molecular weight is 185 g/mol. The van der Waals surface area contributed by atoms with Crippen LogP contribution in [0, 0.1) is 0 Å². The van der Waals surface area contributed by atoms with Gasteiger partial charge < -0.3 is 5.73 Å². The second-order valence-electron chi connectivity index (χ2n) is 2.05. The Balaban J connectivity index is 3.04. The number of hydrogen-bond donors (Lipinski definition) is 1. The standard InChI is InChI=1S/C7H5ClN2O2/c8-4-1-2-10-5(3-4)6(11)7(9)12/h1-3H,(H2,9,12). The van der Waals surface area contributed by atoms with Gasteiger partial charge in [0.05, 0.1) is 0 Å². The molecule has 0 saturated carbocycles. The fourth-order valence-corrected chi connectivity index (χ4v) is 0.815. The van der Waals surface area contributed by atoms with Crippen LogP contribution in [0.2, 0.25) is 5.02 Å². The first-order chi connectivity index (χ1) is 5.61. The normalized spacial score (nSPS) is 9.42. The number of nitrogens with two attached hydrogens (primary N) is 1. The van der Waals surface area contributed by atoms with E-state index in [1.165, 1.54) is 18.3 Å². The van der Waals surface area contributed by atoms with Crippen molar-refractivity contribution in [1.82, 2.24) is 4.98 Å². The van der Waals surface area contributed by atoms with E-state index >= 15 is 0 Å². The number of nitrogens with zero attached hydrogens (tertiary/aromatic N) is 1. The number of primary amides is 1. The number of halogens is 1. The minimum Gasteiger partial charge on any atom is -0.363 e. The number of ketones is 1. The van der Waals surface area contributed by atoms with Crippen molar-refractivity contribution in [3.05, 3.63) is 29.0 Å². The minimum atomic E-state index is -1.04. The minimum absolute atomic E-state index is 0.0324. The molecule has 0 atom stereocenters. The molecule has 0 aliphatic heterocycles. The van der Waals surface area contributed by atoms with Crippen LogP contribution in [0.25, 0.3) is 0 Å². The molecule has 0 fully saturated rings. The lowest BCUT2D eigenvalue weighted by molar-refractivity contribution is -0.114. The van der Waals surface area contributed by atoms with Crippen molar-refractivity contribution in [1.29, 1.82) is 0 Å². The second kappa shape index (κ2) is 3.32. The summed E-state index contributed by atoms with van der Waals surface area (Å²) in [4.78, 5) is 24.9. The molecule has 1 heterocycles. The number of hydrogen-bond acceptors (Lipinski definition) is 3. The first-order valence-electron chi connectivity index (χ1n) is 3.07. The number of pyridine rings is 1. The molecule has 1 amide bonds. The summed E-state index contributed by atoms with van der Waals surface area (Å²) < 4.78 is 0. The first kappa shape index (κ1) is 8.67. The molecule has 12 heavy (non-hydrogen) atoms. The van der Waals surface area contributed by atoms with Gasteiger partial charge in [0.2, 0.25) is 0 Å². The Kier molecular flexibility index (Phi) is 2.40. The van der Waals surface area contributed by atoms with E-state index in [9.17, 15) is 9.59 Å². The SMILES string of the molecule is NC(=O)C(=O)c1cc(Cl)ccn1. The van der Waals surface area contributed by atoms with Crippen LogP contribution in [-0.2, 0) is 4.79 Å². The van der Waals surface area contributed by atoms with E-state index in [1.807, 2.05) is 0 Å². The third-order valence-corrected chi connectivity index (χ3v) is 1.41. The molecule has 0 aliphatic carbocycles. The summed E-state index contributed by atoms with van der Waals surface area (Å²) in [7, 11) is 0. The molecule has 0 radical (unpaired) electrons. The van der Waals surface area contributed by atoms with Gasteiger partial charge in [-0.25, -0.2) is 0 Å². The maximum Gasteiger partial charge on any atom is 0.291 e. The summed E-state index contributed by atoms with van der Waals surface area (Å²) in [6, 6.07) is 2.79. The molecule has 1 aromatic heterocycles. The molecule has 2 N–H and O–H groups in total. The third kappa shape index (κ3) is 1.79. The van der Waals surface area contributed by atoms with E-state index in [4.69, 9.17) is 17.3 Å².